The van der Waals surface area contributed by atoms with E-state index in [0.717, 1.165) is 36.3 Å². The monoisotopic (exact) mass is 381 g/mol. The van der Waals surface area contributed by atoms with E-state index in [2.05, 4.69) is 20.6 Å². The highest BCUT2D eigenvalue weighted by molar-refractivity contribution is 5.79. The zero-order valence-corrected chi connectivity index (χ0v) is 15.6. The van der Waals surface area contributed by atoms with Gasteiger partial charge in [-0.05, 0) is 47.0 Å². The van der Waals surface area contributed by atoms with Crippen LogP contribution < -0.4 is 0 Å². The first kappa shape index (κ1) is 18.3. The molecule has 0 aliphatic carbocycles. The van der Waals surface area contributed by atoms with Gasteiger partial charge in [0.25, 0.3) is 0 Å². The molecule has 3 aromatic rings. The number of benzene rings is 1. The summed E-state index contributed by atoms with van der Waals surface area (Å²) in [6.07, 6.45) is 5.80. The maximum Gasteiger partial charge on any atom is 0.227 e. The molecule has 2 aromatic heterocycles. The highest BCUT2D eigenvalue weighted by Crippen LogP contribution is 2.26. The van der Waals surface area contributed by atoms with E-state index in [1.165, 1.54) is 6.33 Å². The largest absolute Gasteiger partial charge is 0.394 e. The van der Waals surface area contributed by atoms with E-state index in [1.54, 1.807) is 9.36 Å². The van der Waals surface area contributed by atoms with Crippen molar-refractivity contribution in [3.63, 3.8) is 0 Å². The van der Waals surface area contributed by atoms with Gasteiger partial charge in [0, 0.05) is 25.2 Å². The minimum absolute atomic E-state index is 0.0720. The van der Waals surface area contributed by atoms with Gasteiger partial charge in [-0.1, -0.05) is 12.1 Å². The molecule has 1 atom stereocenters. The van der Waals surface area contributed by atoms with Gasteiger partial charge in [0.15, 0.2) is 0 Å². The van der Waals surface area contributed by atoms with E-state index in [0.29, 0.717) is 19.5 Å². The fraction of sp³-hybridized carbons (Fsp3) is 0.421. The predicted molar refractivity (Wildman–Crippen MR) is 101 cm³/mol. The molecule has 0 unspecified atom stereocenters. The number of tetrazole rings is 1. The van der Waals surface area contributed by atoms with Gasteiger partial charge in [-0.2, -0.15) is 5.10 Å². The Hall–Kier alpha value is -3.07. The van der Waals surface area contributed by atoms with Crippen molar-refractivity contribution in [3.05, 3.63) is 54.1 Å². The molecule has 1 fully saturated rings. The number of carbonyl (C=O) groups is 1. The number of aliphatic hydroxyl groups excluding tert-OH is 1. The van der Waals surface area contributed by atoms with Crippen LogP contribution in [0.4, 0.5) is 0 Å². The van der Waals surface area contributed by atoms with Crippen LogP contribution in [0, 0.1) is 0 Å². The number of nitrogens with zero attached hydrogens (tertiary/aromatic N) is 7. The molecule has 0 spiro atoms. The van der Waals surface area contributed by atoms with Crippen molar-refractivity contribution in [2.24, 2.45) is 0 Å². The van der Waals surface area contributed by atoms with Crippen LogP contribution in [0.2, 0.25) is 0 Å². The average molecular weight is 381 g/mol. The smallest absolute Gasteiger partial charge is 0.227 e. The molecule has 146 valence electrons. The van der Waals surface area contributed by atoms with Crippen LogP contribution in [0.3, 0.4) is 0 Å². The third-order valence-corrected chi connectivity index (χ3v) is 5.09. The zero-order chi connectivity index (χ0) is 19.3. The van der Waals surface area contributed by atoms with Gasteiger partial charge >= 0.3 is 0 Å². The molecule has 4 rings (SSSR count). The van der Waals surface area contributed by atoms with Crippen molar-refractivity contribution in [2.75, 3.05) is 19.7 Å². The third kappa shape index (κ3) is 4.09. The highest BCUT2D eigenvalue weighted by Gasteiger charge is 2.26. The summed E-state index contributed by atoms with van der Waals surface area (Å²) in [6.45, 7) is 2.05. The van der Waals surface area contributed by atoms with Gasteiger partial charge in [-0.15, -0.1) is 5.10 Å². The van der Waals surface area contributed by atoms with Crippen molar-refractivity contribution in [2.45, 2.75) is 31.7 Å². The van der Waals surface area contributed by atoms with Crippen molar-refractivity contribution in [1.82, 2.24) is 34.9 Å². The van der Waals surface area contributed by atoms with Crippen molar-refractivity contribution in [3.8, 4) is 5.69 Å². The van der Waals surface area contributed by atoms with Crippen molar-refractivity contribution < 1.29 is 9.90 Å². The average Bonchev–Trinajstić information content (AvgIpc) is 3.41. The Morgan fingerprint density at radius 3 is 2.82 bits per heavy atom. The standard InChI is InChI=1S/C19H23N7O2/c27-11-10-25-9-7-18(21-25)16-2-1-8-24(13-16)19(28)12-15-3-5-17(6-4-15)26-14-20-22-23-26/h3-7,9,14,16,27H,1-2,8,10-13H2/t16-/m1/s1. The Labute approximate surface area is 162 Å². The number of hydrogen-bond donors (Lipinski definition) is 1. The summed E-state index contributed by atoms with van der Waals surface area (Å²) in [7, 11) is 0. The number of carbonyl (C=O) groups excluding carboxylic acids is 1. The molecule has 0 radical (unpaired) electrons. The van der Waals surface area contributed by atoms with Gasteiger partial charge in [0.1, 0.15) is 6.33 Å². The van der Waals surface area contributed by atoms with Crippen LogP contribution >= 0.6 is 0 Å². The molecule has 9 nitrogen and oxygen atoms in total. The van der Waals surface area contributed by atoms with E-state index < -0.39 is 0 Å². The Balaban J connectivity index is 1.37. The Bertz CT molecular complexity index is 905. The van der Waals surface area contributed by atoms with Gasteiger partial charge < -0.3 is 10.0 Å². The topological polar surface area (TPSA) is 102 Å². The van der Waals surface area contributed by atoms with Crippen LogP contribution in [0.25, 0.3) is 5.69 Å². The number of amides is 1. The summed E-state index contributed by atoms with van der Waals surface area (Å²) < 4.78 is 3.33. The zero-order valence-electron chi connectivity index (χ0n) is 15.6. The van der Waals surface area contributed by atoms with Crippen molar-refractivity contribution in [1.29, 1.82) is 0 Å². The molecule has 0 saturated carbocycles. The molecule has 28 heavy (non-hydrogen) atoms. The molecule has 1 amide bonds. The van der Waals surface area contributed by atoms with E-state index in [1.807, 2.05) is 41.4 Å². The fourth-order valence-corrected chi connectivity index (χ4v) is 3.60. The lowest BCUT2D eigenvalue weighted by Crippen LogP contribution is -2.40. The minimum Gasteiger partial charge on any atom is -0.394 e. The van der Waals surface area contributed by atoms with Gasteiger partial charge in [-0.25, -0.2) is 4.68 Å². The molecular formula is C19H23N7O2. The summed E-state index contributed by atoms with van der Waals surface area (Å²) in [4.78, 5) is 14.7. The molecule has 1 aliphatic rings. The highest BCUT2D eigenvalue weighted by atomic mass is 16.3. The summed E-state index contributed by atoms with van der Waals surface area (Å²) in [6, 6.07) is 9.68. The van der Waals surface area contributed by atoms with Crippen LogP contribution in [-0.2, 0) is 17.8 Å². The molecule has 3 heterocycles. The number of hydrogen-bond acceptors (Lipinski definition) is 6. The van der Waals surface area contributed by atoms with E-state index in [9.17, 15) is 4.79 Å². The lowest BCUT2D eigenvalue weighted by molar-refractivity contribution is -0.131. The molecule has 9 heteroatoms. The van der Waals surface area contributed by atoms with E-state index in [4.69, 9.17) is 5.11 Å². The maximum atomic E-state index is 12.8. The SMILES string of the molecule is O=C(Cc1ccc(-n2cnnn2)cc1)N1CCC[C@@H](c2ccn(CCO)n2)C1. The minimum atomic E-state index is 0.0720. The Morgan fingerprint density at radius 1 is 1.21 bits per heavy atom. The Kier molecular flexibility index (Phi) is 5.43. The fourth-order valence-electron chi connectivity index (χ4n) is 3.60. The first-order chi connectivity index (χ1) is 13.7. The number of aliphatic hydroxyl groups is 1. The summed E-state index contributed by atoms with van der Waals surface area (Å²) >= 11 is 0. The molecule has 1 aliphatic heterocycles. The Morgan fingerprint density at radius 2 is 2.07 bits per heavy atom. The molecule has 1 saturated heterocycles. The number of aromatic nitrogens is 6. The third-order valence-electron chi connectivity index (χ3n) is 5.09. The van der Waals surface area contributed by atoms with Crippen LogP contribution in [0.5, 0.6) is 0 Å². The predicted octanol–water partition coefficient (Wildman–Crippen LogP) is 0.800. The summed E-state index contributed by atoms with van der Waals surface area (Å²) in [5, 5.41) is 24.7. The molecule has 0 bridgehead atoms. The lowest BCUT2D eigenvalue weighted by Gasteiger charge is -2.32. The lowest BCUT2D eigenvalue weighted by atomic mass is 9.94. The molecular weight excluding hydrogens is 358 g/mol. The summed E-state index contributed by atoms with van der Waals surface area (Å²) in [5.41, 5.74) is 2.82. The summed E-state index contributed by atoms with van der Waals surface area (Å²) in [5.74, 6) is 0.384. The van der Waals surface area contributed by atoms with Gasteiger partial charge in [0.05, 0.1) is 31.0 Å². The maximum absolute atomic E-state index is 12.8. The van der Waals surface area contributed by atoms with Crippen molar-refractivity contribution >= 4 is 5.91 Å². The molecule has 1 N–H and O–H groups in total. The molecule has 1 aromatic carbocycles. The first-order valence-corrected chi connectivity index (χ1v) is 9.47. The van der Waals surface area contributed by atoms with E-state index >= 15 is 0 Å². The van der Waals surface area contributed by atoms with Gasteiger partial charge in [-0.3, -0.25) is 9.48 Å². The van der Waals surface area contributed by atoms with Gasteiger partial charge in [0.2, 0.25) is 5.91 Å². The van der Waals surface area contributed by atoms with Crippen LogP contribution in [-0.4, -0.2) is 65.6 Å². The first-order valence-electron chi connectivity index (χ1n) is 9.47. The van der Waals surface area contributed by atoms with E-state index in [-0.39, 0.29) is 18.4 Å². The number of rotatable bonds is 6. The second kappa shape index (κ2) is 8.30. The van der Waals surface area contributed by atoms with Crippen LogP contribution in [0.1, 0.15) is 30.0 Å². The quantitative estimate of drug-likeness (QED) is 0.678. The second-order valence-corrected chi connectivity index (χ2v) is 7.00. The number of likely N-dealkylation sites (tertiary alicyclic amines) is 1. The number of piperidine rings is 1. The normalized spacial score (nSPS) is 17.0. The second-order valence-electron chi connectivity index (χ2n) is 7.00. The van der Waals surface area contributed by atoms with Crippen LogP contribution in [0.15, 0.2) is 42.9 Å².